The third-order valence-corrected chi connectivity index (χ3v) is 3.96. The molecule has 0 spiro atoms. The molecule has 0 amide bonds. The molecular weight excluding hydrogens is 194 g/mol. The molecule has 1 nitrogen and oxygen atoms in total. The van der Waals surface area contributed by atoms with E-state index in [0.29, 0.717) is 0 Å². The molecule has 0 saturated carbocycles. The van der Waals surface area contributed by atoms with Crippen molar-refractivity contribution in [3.8, 4) is 0 Å². The van der Waals surface area contributed by atoms with Gasteiger partial charge in [-0.2, -0.15) is 0 Å². The highest BCUT2D eigenvalue weighted by molar-refractivity contribution is 5.31. The van der Waals surface area contributed by atoms with Crippen LogP contribution in [-0.4, -0.2) is 6.54 Å². The lowest BCUT2D eigenvalue weighted by Gasteiger charge is -2.47. The Bertz CT molecular complexity index is 352. The minimum atomic E-state index is 0.205. The van der Waals surface area contributed by atoms with E-state index in [1.54, 1.807) is 0 Å². The lowest BCUT2D eigenvalue weighted by molar-refractivity contribution is 0.135. The van der Waals surface area contributed by atoms with Gasteiger partial charge in [-0.1, -0.05) is 45.0 Å². The van der Waals surface area contributed by atoms with Crippen LogP contribution in [0.3, 0.4) is 0 Å². The average Bonchev–Trinajstić information content (AvgIpc) is 2.26. The smallest absolute Gasteiger partial charge is 0.0444 e. The van der Waals surface area contributed by atoms with Crippen LogP contribution in [0.15, 0.2) is 24.3 Å². The fourth-order valence-corrected chi connectivity index (χ4v) is 2.46. The Balaban J connectivity index is 2.13. The van der Waals surface area contributed by atoms with E-state index in [0.717, 1.165) is 18.4 Å². The van der Waals surface area contributed by atoms with Crippen molar-refractivity contribution >= 4 is 0 Å². The van der Waals surface area contributed by atoms with Gasteiger partial charge in [0.2, 0.25) is 0 Å². The Labute approximate surface area is 99.3 Å². The monoisotopic (exact) mass is 217 g/mol. The zero-order valence-corrected chi connectivity index (χ0v) is 10.9. The predicted molar refractivity (Wildman–Crippen MR) is 69.5 cm³/mol. The molecule has 1 fully saturated rings. The van der Waals surface area contributed by atoms with Gasteiger partial charge in [-0.3, -0.25) is 0 Å². The van der Waals surface area contributed by atoms with Gasteiger partial charge in [0.05, 0.1) is 0 Å². The SMILES string of the molecule is CC(C)Cc1ccc(C2(C)NCC2C)cc1. The normalized spacial score (nSPS) is 29.2. The first-order chi connectivity index (χ1) is 7.52. The summed E-state index contributed by atoms with van der Waals surface area (Å²) in [5, 5.41) is 3.55. The lowest BCUT2D eigenvalue weighted by atomic mass is 9.74. The fourth-order valence-electron chi connectivity index (χ4n) is 2.46. The second kappa shape index (κ2) is 4.21. The van der Waals surface area contributed by atoms with E-state index < -0.39 is 0 Å². The van der Waals surface area contributed by atoms with Gasteiger partial charge in [0.25, 0.3) is 0 Å². The summed E-state index contributed by atoms with van der Waals surface area (Å²) in [7, 11) is 0. The molecule has 0 bridgehead atoms. The Morgan fingerprint density at radius 3 is 2.31 bits per heavy atom. The number of nitrogens with one attached hydrogen (secondary N) is 1. The second-order valence-electron chi connectivity index (χ2n) is 5.78. The molecular formula is C15H23N. The van der Waals surface area contributed by atoms with Gasteiger partial charge in [-0.15, -0.1) is 0 Å². The molecule has 0 aliphatic carbocycles. The standard InChI is InChI=1S/C15H23N/c1-11(2)9-13-5-7-14(8-6-13)15(4)12(3)10-16-15/h5-8,11-12,16H,9-10H2,1-4H3. The van der Waals surface area contributed by atoms with Crippen molar-refractivity contribution < 1.29 is 0 Å². The summed E-state index contributed by atoms with van der Waals surface area (Å²) in [6, 6.07) is 9.15. The van der Waals surface area contributed by atoms with Gasteiger partial charge in [0, 0.05) is 12.1 Å². The third-order valence-electron chi connectivity index (χ3n) is 3.96. The first kappa shape index (κ1) is 11.7. The predicted octanol–water partition coefficient (Wildman–Crippen LogP) is 3.34. The Hall–Kier alpha value is -0.820. The molecule has 2 atom stereocenters. The molecule has 0 aromatic heterocycles. The van der Waals surface area contributed by atoms with Crippen LogP contribution in [0.25, 0.3) is 0 Å². The van der Waals surface area contributed by atoms with Crippen LogP contribution in [-0.2, 0) is 12.0 Å². The molecule has 1 saturated heterocycles. The highest BCUT2D eigenvalue weighted by atomic mass is 15.1. The Kier molecular flexibility index (Phi) is 3.07. The molecule has 16 heavy (non-hydrogen) atoms. The molecule has 1 aliphatic rings. The van der Waals surface area contributed by atoms with Crippen molar-refractivity contribution in [2.75, 3.05) is 6.54 Å². The van der Waals surface area contributed by atoms with E-state index in [2.05, 4.69) is 57.3 Å². The van der Waals surface area contributed by atoms with Crippen LogP contribution in [0.5, 0.6) is 0 Å². The Morgan fingerprint density at radius 2 is 1.94 bits per heavy atom. The minimum absolute atomic E-state index is 0.205. The maximum atomic E-state index is 3.55. The van der Waals surface area contributed by atoms with E-state index in [1.807, 2.05) is 0 Å². The van der Waals surface area contributed by atoms with Crippen LogP contribution in [0.4, 0.5) is 0 Å². The summed E-state index contributed by atoms with van der Waals surface area (Å²) in [6.07, 6.45) is 1.18. The van der Waals surface area contributed by atoms with Gasteiger partial charge in [0.15, 0.2) is 0 Å². The fraction of sp³-hybridized carbons (Fsp3) is 0.600. The molecule has 2 rings (SSSR count). The van der Waals surface area contributed by atoms with Crippen LogP contribution in [0.1, 0.15) is 38.8 Å². The van der Waals surface area contributed by atoms with Gasteiger partial charge in [-0.05, 0) is 36.3 Å². The first-order valence-electron chi connectivity index (χ1n) is 6.37. The summed E-state index contributed by atoms with van der Waals surface area (Å²) < 4.78 is 0. The topological polar surface area (TPSA) is 12.0 Å². The summed E-state index contributed by atoms with van der Waals surface area (Å²) in [5.41, 5.74) is 3.09. The summed E-state index contributed by atoms with van der Waals surface area (Å²) in [5.74, 6) is 1.48. The van der Waals surface area contributed by atoms with E-state index in [9.17, 15) is 0 Å². The maximum Gasteiger partial charge on any atom is 0.0444 e. The zero-order chi connectivity index (χ0) is 11.8. The zero-order valence-electron chi connectivity index (χ0n) is 10.9. The number of hydrogen-bond acceptors (Lipinski definition) is 1. The Morgan fingerprint density at radius 1 is 1.31 bits per heavy atom. The van der Waals surface area contributed by atoms with Crippen molar-refractivity contribution in [2.24, 2.45) is 11.8 Å². The van der Waals surface area contributed by atoms with Gasteiger partial charge in [-0.25, -0.2) is 0 Å². The van der Waals surface area contributed by atoms with Crippen LogP contribution >= 0.6 is 0 Å². The van der Waals surface area contributed by atoms with Gasteiger partial charge in [0.1, 0.15) is 0 Å². The van der Waals surface area contributed by atoms with Crippen LogP contribution in [0.2, 0.25) is 0 Å². The molecule has 1 aromatic rings. The van der Waals surface area contributed by atoms with Gasteiger partial charge < -0.3 is 5.32 Å². The highest BCUT2D eigenvalue weighted by Crippen LogP contribution is 2.35. The molecule has 2 unspecified atom stereocenters. The molecule has 1 aromatic carbocycles. The van der Waals surface area contributed by atoms with E-state index in [-0.39, 0.29) is 5.54 Å². The molecule has 1 N–H and O–H groups in total. The maximum absolute atomic E-state index is 3.55. The molecule has 88 valence electrons. The second-order valence-corrected chi connectivity index (χ2v) is 5.78. The van der Waals surface area contributed by atoms with Gasteiger partial charge >= 0.3 is 0 Å². The summed E-state index contributed by atoms with van der Waals surface area (Å²) in [4.78, 5) is 0. The molecule has 1 heteroatoms. The number of hydrogen-bond donors (Lipinski definition) is 1. The third kappa shape index (κ3) is 2.01. The van der Waals surface area contributed by atoms with Crippen molar-refractivity contribution in [3.05, 3.63) is 35.4 Å². The van der Waals surface area contributed by atoms with E-state index >= 15 is 0 Å². The average molecular weight is 217 g/mol. The van der Waals surface area contributed by atoms with E-state index in [4.69, 9.17) is 0 Å². The highest BCUT2D eigenvalue weighted by Gasteiger charge is 2.40. The summed E-state index contributed by atoms with van der Waals surface area (Å²) in [6.45, 7) is 10.3. The van der Waals surface area contributed by atoms with Crippen LogP contribution in [0, 0.1) is 11.8 Å². The van der Waals surface area contributed by atoms with Crippen LogP contribution < -0.4 is 5.32 Å². The van der Waals surface area contributed by atoms with Crippen molar-refractivity contribution in [2.45, 2.75) is 39.7 Å². The quantitative estimate of drug-likeness (QED) is 0.819. The molecule has 1 aliphatic heterocycles. The summed E-state index contributed by atoms with van der Waals surface area (Å²) >= 11 is 0. The first-order valence-corrected chi connectivity index (χ1v) is 6.37. The number of benzene rings is 1. The minimum Gasteiger partial charge on any atom is -0.307 e. The van der Waals surface area contributed by atoms with Crippen molar-refractivity contribution in [1.29, 1.82) is 0 Å². The van der Waals surface area contributed by atoms with E-state index in [1.165, 1.54) is 17.5 Å². The van der Waals surface area contributed by atoms with Crippen molar-refractivity contribution in [3.63, 3.8) is 0 Å². The molecule has 0 radical (unpaired) electrons. The largest absolute Gasteiger partial charge is 0.307 e. The molecule has 1 heterocycles. The van der Waals surface area contributed by atoms with Crippen molar-refractivity contribution in [1.82, 2.24) is 5.32 Å². The number of rotatable bonds is 3. The lowest BCUT2D eigenvalue weighted by Crippen LogP contribution is -2.59.